The molecule has 34 heavy (non-hydrogen) atoms. The SMILES string of the molecule is O=C1C(Cl)=C(C2=C(N3CCN(CCO)CC3)C(=O)c3ccccc3C2=O)C(=O)c2ccccc21. The molecule has 0 amide bonds. The maximum atomic E-state index is 13.8. The van der Waals surface area contributed by atoms with Crippen molar-refractivity contribution < 1.29 is 24.3 Å². The lowest BCUT2D eigenvalue weighted by Crippen LogP contribution is -2.49. The van der Waals surface area contributed by atoms with Crippen molar-refractivity contribution in [3.05, 3.63) is 92.7 Å². The van der Waals surface area contributed by atoms with Crippen LogP contribution in [0.1, 0.15) is 41.4 Å². The topological polar surface area (TPSA) is 95.0 Å². The van der Waals surface area contributed by atoms with Crippen LogP contribution in [0.15, 0.2) is 70.4 Å². The van der Waals surface area contributed by atoms with Crippen molar-refractivity contribution in [2.24, 2.45) is 0 Å². The Hall–Kier alpha value is -3.39. The standard InChI is InChI=1S/C26H21ClN2O5/c27-21-19(23(31)15-5-1-3-7-17(15)25(21)33)20-22(29-11-9-28(10-12-29)13-14-30)26(34)18-8-4-2-6-16(18)24(20)32/h1-8,30H,9-14H2. The number of ketones is 4. The van der Waals surface area contributed by atoms with Gasteiger partial charge in [0.05, 0.1) is 23.5 Å². The van der Waals surface area contributed by atoms with Crippen LogP contribution in [0.25, 0.3) is 0 Å². The van der Waals surface area contributed by atoms with E-state index in [1.807, 2.05) is 0 Å². The summed E-state index contributed by atoms with van der Waals surface area (Å²) in [6, 6.07) is 12.8. The monoisotopic (exact) mass is 476 g/mol. The van der Waals surface area contributed by atoms with Crippen LogP contribution >= 0.6 is 11.6 Å². The summed E-state index contributed by atoms with van der Waals surface area (Å²) < 4.78 is 0. The number of nitrogens with zero attached hydrogens (tertiary/aromatic N) is 2. The number of β-amino-alcohol motifs (C(OH)–C–C–N with tert-alkyl or cyclic N) is 1. The zero-order valence-corrected chi connectivity index (χ0v) is 19.0. The summed E-state index contributed by atoms with van der Waals surface area (Å²) >= 11 is 6.45. The largest absolute Gasteiger partial charge is 0.395 e. The second-order valence-electron chi connectivity index (χ2n) is 8.37. The van der Waals surface area contributed by atoms with Gasteiger partial charge >= 0.3 is 0 Å². The van der Waals surface area contributed by atoms with E-state index in [9.17, 15) is 24.3 Å². The van der Waals surface area contributed by atoms with Gasteiger partial charge in [0, 0.05) is 55.0 Å². The van der Waals surface area contributed by atoms with E-state index in [1.54, 1.807) is 41.3 Å². The molecule has 5 rings (SSSR count). The summed E-state index contributed by atoms with van der Waals surface area (Å²) in [6.07, 6.45) is 0. The van der Waals surface area contributed by atoms with Gasteiger partial charge in [0.1, 0.15) is 5.03 Å². The minimum absolute atomic E-state index is 0.0251. The van der Waals surface area contributed by atoms with Crippen molar-refractivity contribution in [1.29, 1.82) is 0 Å². The Labute approximate surface area is 200 Å². The van der Waals surface area contributed by atoms with E-state index in [-0.39, 0.29) is 56.5 Å². The van der Waals surface area contributed by atoms with Crippen LogP contribution in [-0.2, 0) is 0 Å². The highest BCUT2D eigenvalue weighted by atomic mass is 35.5. The molecule has 1 N–H and O–H groups in total. The van der Waals surface area contributed by atoms with Gasteiger partial charge in [-0.1, -0.05) is 60.1 Å². The summed E-state index contributed by atoms with van der Waals surface area (Å²) in [5.74, 6) is -1.98. The quantitative estimate of drug-likeness (QED) is 0.724. The van der Waals surface area contributed by atoms with Crippen LogP contribution in [0, 0.1) is 0 Å². The molecule has 0 unspecified atom stereocenters. The van der Waals surface area contributed by atoms with Gasteiger partial charge in [-0.25, -0.2) is 0 Å². The number of halogens is 1. The fourth-order valence-corrected chi connectivity index (χ4v) is 5.08. The molecule has 1 fully saturated rings. The maximum Gasteiger partial charge on any atom is 0.210 e. The van der Waals surface area contributed by atoms with Gasteiger partial charge in [-0.05, 0) is 0 Å². The molecular weight excluding hydrogens is 456 g/mol. The third kappa shape index (κ3) is 3.44. The molecule has 0 radical (unpaired) electrons. The van der Waals surface area contributed by atoms with Crippen molar-refractivity contribution in [2.75, 3.05) is 39.3 Å². The summed E-state index contributed by atoms with van der Waals surface area (Å²) in [4.78, 5) is 57.9. The highest BCUT2D eigenvalue weighted by molar-refractivity contribution is 6.52. The molecule has 0 atom stereocenters. The average molecular weight is 477 g/mol. The lowest BCUT2D eigenvalue weighted by atomic mass is 9.78. The van der Waals surface area contributed by atoms with Gasteiger partial charge in [-0.3, -0.25) is 24.1 Å². The first-order valence-corrected chi connectivity index (χ1v) is 11.4. The molecule has 2 aromatic carbocycles. The molecule has 1 aliphatic heterocycles. The number of fused-ring (bicyclic) bond motifs is 2. The smallest absolute Gasteiger partial charge is 0.210 e. The van der Waals surface area contributed by atoms with E-state index in [0.29, 0.717) is 32.7 Å². The van der Waals surface area contributed by atoms with E-state index in [4.69, 9.17) is 11.6 Å². The first kappa shape index (κ1) is 22.4. The van der Waals surface area contributed by atoms with Crippen LogP contribution in [0.4, 0.5) is 0 Å². The van der Waals surface area contributed by atoms with Gasteiger partial charge in [-0.2, -0.15) is 0 Å². The van der Waals surface area contributed by atoms with Crippen LogP contribution < -0.4 is 0 Å². The van der Waals surface area contributed by atoms with Crippen molar-refractivity contribution in [1.82, 2.24) is 9.80 Å². The number of carbonyl (C=O) groups excluding carboxylic acids is 4. The number of rotatable bonds is 4. The molecule has 3 aliphatic rings. The van der Waals surface area contributed by atoms with Gasteiger partial charge in [0.2, 0.25) is 11.6 Å². The molecule has 2 aromatic rings. The molecule has 0 spiro atoms. The summed E-state index contributed by atoms with van der Waals surface area (Å²) in [5, 5.41) is 8.89. The van der Waals surface area contributed by atoms with Crippen molar-refractivity contribution in [3.63, 3.8) is 0 Å². The van der Waals surface area contributed by atoms with E-state index in [1.165, 1.54) is 12.1 Å². The predicted octanol–water partition coefficient (Wildman–Crippen LogP) is 2.50. The van der Waals surface area contributed by atoms with Gasteiger partial charge < -0.3 is 10.0 Å². The molecule has 2 aliphatic carbocycles. The van der Waals surface area contributed by atoms with E-state index in [2.05, 4.69) is 4.90 Å². The summed E-state index contributed by atoms with van der Waals surface area (Å²) in [6.45, 7) is 2.52. The molecule has 8 heteroatoms. The third-order valence-corrected chi connectivity index (χ3v) is 6.87. The maximum absolute atomic E-state index is 13.8. The minimum Gasteiger partial charge on any atom is -0.395 e. The molecule has 0 bridgehead atoms. The fraction of sp³-hybridized carbons (Fsp3) is 0.231. The lowest BCUT2D eigenvalue weighted by molar-refractivity contribution is 0.0886. The van der Waals surface area contributed by atoms with E-state index < -0.39 is 17.3 Å². The van der Waals surface area contributed by atoms with Gasteiger partial charge in [0.25, 0.3) is 0 Å². The number of benzene rings is 2. The molecule has 0 saturated carbocycles. The fourth-order valence-electron chi connectivity index (χ4n) is 4.80. The Morgan fingerprint density at radius 3 is 1.68 bits per heavy atom. The number of allylic oxidation sites excluding steroid dienone is 4. The number of hydrogen-bond acceptors (Lipinski definition) is 7. The number of Topliss-reactive ketones (excluding diaryl/α,β-unsaturated/α-hetero) is 4. The molecule has 0 aromatic heterocycles. The Morgan fingerprint density at radius 1 is 0.676 bits per heavy atom. The first-order chi connectivity index (χ1) is 16.4. The Kier molecular flexibility index (Phi) is 5.77. The highest BCUT2D eigenvalue weighted by Gasteiger charge is 2.43. The van der Waals surface area contributed by atoms with Crippen LogP contribution in [-0.4, -0.2) is 77.4 Å². The number of aliphatic hydroxyl groups excluding tert-OH is 1. The number of piperazine rings is 1. The second kappa shape index (κ2) is 8.76. The van der Waals surface area contributed by atoms with E-state index in [0.717, 1.165) is 0 Å². The van der Waals surface area contributed by atoms with Gasteiger partial charge in [-0.15, -0.1) is 0 Å². The van der Waals surface area contributed by atoms with Crippen molar-refractivity contribution in [3.8, 4) is 0 Å². The highest BCUT2D eigenvalue weighted by Crippen LogP contribution is 2.39. The zero-order valence-electron chi connectivity index (χ0n) is 18.2. The molecule has 172 valence electrons. The van der Waals surface area contributed by atoms with E-state index >= 15 is 0 Å². The average Bonchev–Trinajstić information content (AvgIpc) is 2.86. The lowest BCUT2D eigenvalue weighted by Gasteiger charge is -2.39. The van der Waals surface area contributed by atoms with Crippen LogP contribution in [0.5, 0.6) is 0 Å². The summed E-state index contributed by atoms with van der Waals surface area (Å²) in [5.41, 5.74) is 0.544. The first-order valence-electron chi connectivity index (χ1n) is 11.0. The number of aliphatic hydroxyl groups is 1. The Morgan fingerprint density at radius 2 is 1.15 bits per heavy atom. The third-order valence-electron chi connectivity index (χ3n) is 6.51. The Bertz CT molecular complexity index is 1320. The van der Waals surface area contributed by atoms with Crippen molar-refractivity contribution >= 4 is 34.7 Å². The molecule has 1 saturated heterocycles. The summed E-state index contributed by atoms with van der Waals surface area (Å²) in [7, 11) is 0. The van der Waals surface area contributed by atoms with Crippen LogP contribution in [0.2, 0.25) is 0 Å². The predicted molar refractivity (Wildman–Crippen MR) is 125 cm³/mol. The van der Waals surface area contributed by atoms with Crippen LogP contribution in [0.3, 0.4) is 0 Å². The second-order valence-corrected chi connectivity index (χ2v) is 8.75. The number of carbonyl (C=O) groups is 4. The Balaban J connectivity index is 1.70. The molecule has 1 heterocycles. The normalized spacial score (nSPS) is 19.1. The number of hydrogen-bond donors (Lipinski definition) is 1. The molecular formula is C26H21ClN2O5. The molecule has 7 nitrogen and oxygen atoms in total. The zero-order chi connectivity index (χ0) is 24.0. The van der Waals surface area contributed by atoms with Crippen molar-refractivity contribution in [2.45, 2.75) is 0 Å². The minimum atomic E-state index is -0.550. The van der Waals surface area contributed by atoms with Gasteiger partial charge in [0.15, 0.2) is 11.6 Å².